The van der Waals surface area contributed by atoms with Crippen molar-refractivity contribution in [2.75, 3.05) is 26.7 Å². The molecule has 6 nitrogen and oxygen atoms in total. The maximum Gasteiger partial charge on any atom is 0.410 e. The van der Waals surface area contributed by atoms with Gasteiger partial charge in [-0.2, -0.15) is 0 Å². The van der Waals surface area contributed by atoms with Gasteiger partial charge in [0.15, 0.2) is 5.96 Å². The van der Waals surface area contributed by atoms with Crippen LogP contribution in [0.5, 0.6) is 0 Å². The van der Waals surface area contributed by atoms with E-state index in [0.717, 1.165) is 6.42 Å². The van der Waals surface area contributed by atoms with Crippen LogP contribution in [0.2, 0.25) is 0 Å². The van der Waals surface area contributed by atoms with Crippen molar-refractivity contribution in [3.8, 4) is 0 Å². The number of aliphatic imine (C=N–C) groups is 1. The number of amides is 1. The van der Waals surface area contributed by atoms with Crippen molar-refractivity contribution in [2.24, 2.45) is 10.7 Å². The van der Waals surface area contributed by atoms with Crippen LogP contribution in [0, 0.1) is 0 Å². The van der Waals surface area contributed by atoms with Gasteiger partial charge in [0, 0.05) is 38.0 Å². The number of thiophene rings is 1. The molecule has 22 heavy (non-hydrogen) atoms. The standard InChI is InChI=1S/C15H26N4O2S/c1-15(2,3)21-14(20)19(4)10-9-18-13(16)17-8-7-12-6-5-11-22-12/h5-6,11H,7-10H2,1-4H3,(H3,16,17,18). The van der Waals surface area contributed by atoms with Crippen molar-refractivity contribution in [1.82, 2.24) is 10.2 Å². The van der Waals surface area contributed by atoms with E-state index >= 15 is 0 Å². The molecule has 0 fully saturated rings. The third-order valence-corrected chi connectivity index (χ3v) is 3.62. The van der Waals surface area contributed by atoms with Crippen molar-refractivity contribution >= 4 is 23.4 Å². The molecule has 0 spiro atoms. The number of nitrogens with zero attached hydrogens (tertiary/aromatic N) is 2. The first-order valence-corrected chi connectivity index (χ1v) is 8.16. The molecule has 0 atom stereocenters. The van der Waals surface area contributed by atoms with Gasteiger partial charge in [0.05, 0.1) is 0 Å². The molecular formula is C15H26N4O2S. The highest BCUT2D eigenvalue weighted by Crippen LogP contribution is 2.09. The number of rotatable bonds is 6. The molecule has 1 amide bonds. The maximum atomic E-state index is 11.8. The Morgan fingerprint density at radius 2 is 2.23 bits per heavy atom. The number of ether oxygens (including phenoxy) is 1. The summed E-state index contributed by atoms with van der Waals surface area (Å²) in [5.74, 6) is 0.397. The molecule has 1 heterocycles. The lowest BCUT2D eigenvalue weighted by Gasteiger charge is -2.24. The fourth-order valence-corrected chi connectivity index (χ4v) is 2.28. The fourth-order valence-electron chi connectivity index (χ4n) is 1.58. The average Bonchev–Trinajstić information content (AvgIpc) is 2.89. The van der Waals surface area contributed by atoms with Gasteiger partial charge in [0.2, 0.25) is 0 Å². The molecule has 0 aromatic carbocycles. The zero-order valence-electron chi connectivity index (χ0n) is 13.8. The molecule has 3 N–H and O–H groups in total. The molecule has 0 aliphatic heterocycles. The first kappa shape index (κ1) is 18.3. The Labute approximate surface area is 136 Å². The highest BCUT2D eigenvalue weighted by atomic mass is 32.1. The third-order valence-electron chi connectivity index (χ3n) is 2.68. The average molecular weight is 326 g/mol. The smallest absolute Gasteiger partial charge is 0.410 e. The van der Waals surface area contributed by atoms with E-state index in [1.807, 2.05) is 32.2 Å². The van der Waals surface area contributed by atoms with Crippen molar-refractivity contribution in [1.29, 1.82) is 0 Å². The molecule has 0 bridgehead atoms. The van der Waals surface area contributed by atoms with Gasteiger partial charge in [-0.3, -0.25) is 4.99 Å². The van der Waals surface area contributed by atoms with E-state index in [2.05, 4.69) is 16.4 Å². The molecule has 0 saturated carbocycles. The van der Waals surface area contributed by atoms with Crippen LogP contribution in [-0.2, 0) is 11.2 Å². The third kappa shape index (κ3) is 7.87. The van der Waals surface area contributed by atoms with Gasteiger partial charge in [-0.25, -0.2) is 4.79 Å². The molecule has 1 aromatic heterocycles. The van der Waals surface area contributed by atoms with Crippen molar-refractivity contribution < 1.29 is 9.53 Å². The Morgan fingerprint density at radius 3 is 2.82 bits per heavy atom. The van der Waals surface area contributed by atoms with Crippen LogP contribution in [0.15, 0.2) is 22.5 Å². The number of guanidine groups is 1. The van der Waals surface area contributed by atoms with Crippen LogP contribution in [0.4, 0.5) is 4.79 Å². The Hall–Kier alpha value is -1.76. The molecule has 7 heteroatoms. The lowest BCUT2D eigenvalue weighted by Crippen LogP contribution is -2.41. The zero-order valence-corrected chi connectivity index (χ0v) is 14.6. The van der Waals surface area contributed by atoms with Crippen LogP contribution in [0.1, 0.15) is 25.6 Å². The van der Waals surface area contributed by atoms with Gasteiger partial charge in [-0.1, -0.05) is 6.07 Å². The number of carbonyl (C=O) groups excluding carboxylic acids is 1. The number of nitrogens with two attached hydrogens (primary N) is 1. The minimum atomic E-state index is -0.485. The van der Waals surface area contributed by atoms with E-state index in [4.69, 9.17) is 10.5 Å². The minimum Gasteiger partial charge on any atom is -0.444 e. The summed E-state index contributed by atoms with van der Waals surface area (Å²) in [7, 11) is 1.69. The monoisotopic (exact) mass is 326 g/mol. The van der Waals surface area contributed by atoms with E-state index in [9.17, 15) is 4.79 Å². The second kappa shape index (κ2) is 8.63. The number of hydrogen-bond donors (Lipinski definition) is 2. The number of carbonyl (C=O) groups is 1. The molecule has 124 valence electrons. The second-order valence-electron chi connectivity index (χ2n) is 5.92. The van der Waals surface area contributed by atoms with Gasteiger partial charge in [0.25, 0.3) is 0 Å². The number of nitrogens with one attached hydrogen (secondary N) is 1. The van der Waals surface area contributed by atoms with E-state index in [1.54, 1.807) is 18.4 Å². The van der Waals surface area contributed by atoms with Crippen LogP contribution >= 0.6 is 11.3 Å². The summed E-state index contributed by atoms with van der Waals surface area (Å²) < 4.78 is 5.26. The molecule has 0 unspecified atom stereocenters. The first-order valence-electron chi connectivity index (χ1n) is 7.28. The van der Waals surface area contributed by atoms with Crippen molar-refractivity contribution in [2.45, 2.75) is 32.8 Å². The van der Waals surface area contributed by atoms with Crippen LogP contribution < -0.4 is 11.1 Å². The lowest BCUT2D eigenvalue weighted by atomic mass is 10.2. The van der Waals surface area contributed by atoms with Crippen molar-refractivity contribution in [3.05, 3.63) is 22.4 Å². The van der Waals surface area contributed by atoms with Gasteiger partial charge >= 0.3 is 6.09 Å². The highest BCUT2D eigenvalue weighted by Gasteiger charge is 2.19. The van der Waals surface area contributed by atoms with Gasteiger partial charge < -0.3 is 20.7 Å². The van der Waals surface area contributed by atoms with E-state index in [-0.39, 0.29) is 6.09 Å². The minimum absolute atomic E-state index is 0.345. The molecule has 0 aliphatic rings. The largest absolute Gasteiger partial charge is 0.444 e. The molecule has 0 aliphatic carbocycles. The quantitative estimate of drug-likeness (QED) is 0.619. The van der Waals surface area contributed by atoms with Gasteiger partial charge in [-0.05, 0) is 32.2 Å². The number of likely N-dealkylation sites (N-methyl/N-ethyl adjacent to an activating group) is 1. The Kier molecular flexibility index (Phi) is 7.17. The Bertz CT molecular complexity index is 480. The molecule has 1 aromatic rings. The van der Waals surface area contributed by atoms with Crippen molar-refractivity contribution in [3.63, 3.8) is 0 Å². The first-order chi connectivity index (χ1) is 10.3. The Morgan fingerprint density at radius 1 is 1.50 bits per heavy atom. The zero-order chi connectivity index (χ0) is 16.6. The summed E-state index contributed by atoms with van der Waals surface area (Å²) in [4.78, 5) is 18.8. The van der Waals surface area contributed by atoms with E-state index in [0.29, 0.717) is 25.6 Å². The summed E-state index contributed by atoms with van der Waals surface area (Å²) in [5, 5.41) is 5.04. The Balaban J connectivity index is 2.20. The SMILES string of the molecule is CN(CCNC(N)=NCCc1cccs1)C(=O)OC(C)(C)C. The van der Waals surface area contributed by atoms with Gasteiger partial charge in [-0.15, -0.1) is 11.3 Å². The number of hydrogen-bond acceptors (Lipinski definition) is 4. The maximum absolute atomic E-state index is 11.8. The van der Waals surface area contributed by atoms with Crippen LogP contribution in [0.3, 0.4) is 0 Å². The summed E-state index contributed by atoms with van der Waals surface area (Å²) in [6.07, 6.45) is 0.542. The summed E-state index contributed by atoms with van der Waals surface area (Å²) in [6, 6.07) is 4.11. The van der Waals surface area contributed by atoms with E-state index < -0.39 is 5.60 Å². The molecule has 1 rings (SSSR count). The van der Waals surface area contributed by atoms with Crippen LogP contribution in [-0.4, -0.2) is 49.2 Å². The second-order valence-corrected chi connectivity index (χ2v) is 6.96. The lowest BCUT2D eigenvalue weighted by molar-refractivity contribution is 0.0302. The predicted molar refractivity (Wildman–Crippen MR) is 91.4 cm³/mol. The molecule has 0 saturated heterocycles. The topological polar surface area (TPSA) is 80.0 Å². The van der Waals surface area contributed by atoms with Crippen LogP contribution in [0.25, 0.3) is 0 Å². The normalized spacial score (nSPS) is 12.1. The summed E-state index contributed by atoms with van der Waals surface area (Å²) >= 11 is 1.72. The summed E-state index contributed by atoms with van der Waals surface area (Å²) in [6.45, 7) is 7.21. The molecular weight excluding hydrogens is 300 g/mol. The van der Waals surface area contributed by atoms with Gasteiger partial charge in [0.1, 0.15) is 5.60 Å². The highest BCUT2D eigenvalue weighted by molar-refractivity contribution is 7.09. The van der Waals surface area contributed by atoms with E-state index in [1.165, 1.54) is 9.78 Å². The predicted octanol–water partition coefficient (Wildman–Crippen LogP) is 2.06. The summed E-state index contributed by atoms with van der Waals surface area (Å²) in [5.41, 5.74) is 5.30. The molecule has 0 radical (unpaired) electrons. The fraction of sp³-hybridized carbons (Fsp3) is 0.600.